The first-order chi connectivity index (χ1) is 11.8. The van der Waals surface area contributed by atoms with Gasteiger partial charge in [-0.05, 0) is 36.8 Å². The Bertz CT molecular complexity index is 722. The van der Waals surface area contributed by atoms with Gasteiger partial charge in [-0.25, -0.2) is 4.79 Å². The molecule has 0 spiro atoms. The summed E-state index contributed by atoms with van der Waals surface area (Å²) in [6, 6.07) is 14.8. The lowest BCUT2D eigenvalue weighted by molar-refractivity contribution is -0.129. The molecule has 0 aliphatic heterocycles. The lowest BCUT2D eigenvalue weighted by atomic mass is 9.91. The highest BCUT2D eigenvalue weighted by Crippen LogP contribution is 2.16. The van der Waals surface area contributed by atoms with E-state index in [0.29, 0.717) is 12.2 Å². The van der Waals surface area contributed by atoms with Crippen LogP contribution in [0.25, 0.3) is 0 Å². The smallest absolute Gasteiger partial charge is 0.338 e. The van der Waals surface area contributed by atoms with Crippen LogP contribution in [0.15, 0.2) is 48.5 Å². The Morgan fingerprint density at radius 1 is 0.920 bits per heavy atom. The van der Waals surface area contributed by atoms with Crippen molar-refractivity contribution in [3.63, 3.8) is 0 Å². The Morgan fingerprint density at radius 3 is 2.08 bits per heavy atom. The highest BCUT2D eigenvalue weighted by Gasteiger charge is 2.22. The van der Waals surface area contributed by atoms with Crippen LogP contribution in [0.4, 0.5) is 0 Å². The van der Waals surface area contributed by atoms with Gasteiger partial charge in [0.15, 0.2) is 12.4 Å². The van der Waals surface area contributed by atoms with Gasteiger partial charge in [-0.3, -0.25) is 4.79 Å². The molecule has 0 bridgehead atoms. The van der Waals surface area contributed by atoms with Crippen LogP contribution in [-0.2, 0) is 16.1 Å². The summed E-state index contributed by atoms with van der Waals surface area (Å²) in [5.74, 6) is 0.197. The molecule has 0 radical (unpaired) electrons. The molecule has 4 heteroatoms. The van der Waals surface area contributed by atoms with Crippen molar-refractivity contribution in [2.24, 2.45) is 5.41 Å². The molecule has 0 aromatic heterocycles. The van der Waals surface area contributed by atoms with Gasteiger partial charge in [0.1, 0.15) is 12.4 Å². The molecule has 0 aliphatic rings. The van der Waals surface area contributed by atoms with Gasteiger partial charge < -0.3 is 9.47 Å². The van der Waals surface area contributed by atoms with Crippen LogP contribution < -0.4 is 4.74 Å². The number of rotatable bonds is 6. The van der Waals surface area contributed by atoms with Gasteiger partial charge in [-0.15, -0.1) is 0 Å². The Hall–Kier alpha value is -2.62. The summed E-state index contributed by atoms with van der Waals surface area (Å²) in [6.07, 6.45) is 0. The van der Waals surface area contributed by atoms with Crippen LogP contribution in [0.1, 0.15) is 42.3 Å². The fourth-order valence-corrected chi connectivity index (χ4v) is 1.97. The quantitative estimate of drug-likeness (QED) is 0.734. The summed E-state index contributed by atoms with van der Waals surface area (Å²) in [5, 5.41) is 0. The van der Waals surface area contributed by atoms with E-state index in [1.807, 2.05) is 43.3 Å². The van der Waals surface area contributed by atoms with Crippen molar-refractivity contribution in [1.82, 2.24) is 0 Å². The Kier molecular flexibility index (Phi) is 5.97. The minimum absolute atomic E-state index is 0.107. The molecule has 0 heterocycles. The van der Waals surface area contributed by atoms with Crippen LogP contribution in [0.3, 0.4) is 0 Å². The minimum atomic E-state index is -0.516. The first kappa shape index (κ1) is 18.7. The molecular weight excluding hydrogens is 316 g/mol. The van der Waals surface area contributed by atoms with E-state index >= 15 is 0 Å². The number of esters is 1. The molecule has 132 valence electrons. The number of benzene rings is 2. The lowest BCUT2D eigenvalue weighted by Gasteiger charge is -2.16. The van der Waals surface area contributed by atoms with E-state index in [1.54, 1.807) is 32.9 Å². The van der Waals surface area contributed by atoms with Gasteiger partial charge in [0.2, 0.25) is 0 Å². The predicted octanol–water partition coefficient (Wildman–Crippen LogP) is 4.35. The summed E-state index contributed by atoms with van der Waals surface area (Å²) in [7, 11) is 0. The second kappa shape index (κ2) is 7.97. The molecular formula is C21H24O4. The van der Waals surface area contributed by atoms with Crippen molar-refractivity contribution in [3.05, 3.63) is 65.2 Å². The summed E-state index contributed by atoms with van der Waals surface area (Å²) in [6.45, 7) is 7.63. The first-order valence-electron chi connectivity index (χ1n) is 8.24. The molecule has 0 saturated carbocycles. The topological polar surface area (TPSA) is 52.6 Å². The van der Waals surface area contributed by atoms with E-state index in [9.17, 15) is 9.59 Å². The number of carbonyl (C=O) groups excluding carboxylic acids is 2. The highest BCUT2D eigenvalue weighted by atomic mass is 16.5. The zero-order valence-corrected chi connectivity index (χ0v) is 15.2. The number of ketones is 1. The third-order valence-corrected chi connectivity index (χ3v) is 3.79. The molecule has 4 nitrogen and oxygen atoms in total. The Balaban J connectivity index is 1.87. The van der Waals surface area contributed by atoms with Crippen LogP contribution in [0.2, 0.25) is 0 Å². The third-order valence-electron chi connectivity index (χ3n) is 3.79. The van der Waals surface area contributed by atoms with Gasteiger partial charge in [0.05, 0.1) is 5.56 Å². The van der Waals surface area contributed by atoms with Crippen molar-refractivity contribution in [1.29, 1.82) is 0 Å². The molecule has 0 fully saturated rings. The largest absolute Gasteiger partial charge is 0.489 e. The maximum Gasteiger partial charge on any atom is 0.338 e. The van der Waals surface area contributed by atoms with Crippen LogP contribution in [-0.4, -0.2) is 18.4 Å². The fraction of sp³-hybridized carbons (Fsp3) is 0.333. The van der Waals surface area contributed by atoms with E-state index < -0.39 is 11.4 Å². The molecule has 0 atom stereocenters. The minimum Gasteiger partial charge on any atom is -0.489 e. The normalized spacial score (nSPS) is 11.0. The second-order valence-electron chi connectivity index (χ2n) is 7.05. The predicted molar refractivity (Wildman–Crippen MR) is 96.7 cm³/mol. The molecule has 2 rings (SSSR count). The Labute approximate surface area is 148 Å². The van der Waals surface area contributed by atoms with Gasteiger partial charge in [-0.2, -0.15) is 0 Å². The van der Waals surface area contributed by atoms with Crippen molar-refractivity contribution >= 4 is 11.8 Å². The lowest BCUT2D eigenvalue weighted by Crippen LogP contribution is -2.26. The number of hydrogen-bond acceptors (Lipinski definition) is 4. The van der Waals surface area contributed by atoms with Gasteiger partial charge in [-0.1, -0.05) is 50.6 Å². The van der Waals surface area contributed by atoms with E-state index in [2.05, 4.69) is 0 Å². The third kappa shape index (κ3) is 5.75. The number of aryl methyl sites for hydroxylation is 1. The number of hydrogen-bond donors (Lipinski definition) is 0. The maximum atomic E-state index is 12.0. The molecule has 2 aromatic rings. The standard InChI is InChI=1S/C21H24O4/c1-15-5-11-18(12-6-15)24-13-16-7-9-17(10-8-16)20(23)25-14-19(22)21(2,3)4/h5-12H,13-14H2,1-4H3. The van der Waals surface area contributed by atoms with Crippen molar-refractivity contribution < 1.29 is 19.1 Å². The maximum absolute atomic E-state index is 12.0. The number of Topliss-reactive ketones (excluding diaryl/α,β-unsaturated/α-hetero) is 1. The monoisotopic (exact) mass is 340 g/mol. The molecule has 0 aliphatic carbocycles. The summed E-state index contributed by atoms with van der Waals surface area (Å²) < 4.78 is 10.8. The number of carbonyl (C=O) groups is 2. The van der Waals surface area contributed by atoms with E-state index in [4.69, 9.17) is 9.47 Å². The molecule has 0 unspecified atom stereocenters. The van der Waals surface area contributed by atoms with Gasteiger partial charge in [0.25, 0.3) is 0 Å². The van der Waals surface area contributed by atoms with Crippen molar-refractivity contribution in [2.75, 3.05) is 6.61 Å². The Morgan fingerprint density at radius 2 is 1.52 bits per heavy atom. The van der Waals surface area contributed by atoms with Crippen LogP contribution in [0.5, 0.6) is 5.75 Å². The van der Waals surface area contributed by atoms with Crippen LogP contribution >= 0.6 is 0 Å². The highest BCUT2D eigenvalue weighted by molar-refractivity contribution is 5.92. The first-order valence-corrected chi connectivity index (χ1v) is 8.24. The molecule has 0 N–H and O–H groups in total. The van der Waals surface area contributed by atoms with Gasteiger partial charge >= 0.3 is 5.97 Å². The van der Waals surface area contributed by atoms with Crippen molar-refractivity contribution in [2.45, 2.75) is 34.3 Å². The molecule has 25 heavy (non-hydrogen) atoms. The van der Waals surface area contributed by atoms with E-state index in [0.717, 1.165) is 11.3 Å². The number of ether oxygens (including phenoxy) is 2. The zero-order chi connectivity index (χ0) is 18.4. The zero-order valence-electron chi connectivity index (χ0n) is 15.2. The average molecular weight is 340 g/mol. The second-order valence-corrected chi connectivity index (χ2v) is 7.05. The van der Waals surface area contributed by atoms with Crippen molar-refractivity contribution in [3.8, 4) is 5.75 Å². The van der Waals surface area contributed by atoms with E-state index in [-0.39, 0.29) is 12.4 Å². The fourth-order valence-electron chi connectivity index (χ4n) is 1.97. The SMILES string of the molecule is Cc1ccc(OCc2ccc(C(=O)OCC(=O)C(C)(C)C)cc2)cc1. The molecule has 0 saturated heterocycles. The average Bonchev–Trinajstić information content (AvgIpc) is 2.58. The van der Waals surface area contributed by atoms with E-state index in [1.165, 1.54) is 5.56 Å². The van der Waals surface area contributed by atoms with Gasteiger partial charge in [0, 0.05) is 5.41 Å². The van der Waals surface area contributed by atoms with Crippen LogP contribution in [0, 0.1) is 12.3 Å². The summed E-state index contributed by atoms with van der Waals surface area (Å²) >= 11 is 0. The molecule has 0 amide bonds. The summed E-state index contributed by atoms with van der Waals surface area (Å²) in [5.41, 5.74) is 2.03. The summed E-state index contributed by atoms with van der Waals surface area (Å²) in [4.78, 5) is 23.8. The molecule has 2 aromatic carbocycles.